The highest BCUT2D eigenvalue weighted by Gasteiger charge is 2.30. The number of hydrogen-bond donors (Lipinski definition) is 2. The molecule has 4 rings (SSSR count). The van der Waals surface area contributed by atoms with Gasteiger partial charge in [-0.05, 0) is 50.1 Å². The van der Waals surface area contributed by atoms with Crippen molar-refractivity contribution in [1.29, 1.82) is 0 Å². The number of amides is 1. The molecule has 0 spiro atoms. The van der Waals surface area contributed by atoms with Gasteiger partial charge in [0.25, 0.3) is 12.3 Å². The number of aromatic nitrogens is 1. The summed E-state index contributed by atoms with van der Waals surface area (Å²) in [6, 6.07) is 6.24. The molecule has 1 aromatic heterocycles. The second kappa shape index (κ2) is 11.2. The molecule has 2 aromatic carbocycles. The minimum Gasteiger partial charge on any atom is -0.492 e. The molecule has 0 bridgehead atoms. The minimum atomic E-state index is -2.80. The van der Waals surface area contributed by atoms with Crippen LogP contribution in [0.3, 0.4) is 0 Å². The van der Waals surface area contributed by atoms with E-state index in [2.05, 4.69) is 10.6 Å². The number of halogens is 4. The molecule has 1 aliphatic heterocycles. The predicted molar refractivity (Wildman–Crippen MR) is 142 cm³/mol. The van der Waals surface area contributed by atoms with E-state index in [1.165, 1.54) is 7.11 Å². The molecule has 1 amide bonds. The summed E-state index contributed by atoms with van der Waals surface area (Å²) in [5, 5.41) is 6.34. The van der Waals surface area contributed by atoms with Crippen LogP contribution < -0.4 is 25.7 Å². The number of piperazine rings is 1. The van der Waals surface area contributed by atoms with Gasteiger partial charge >= 0.3 is 0 Å². The maximum Gasteiger partial charge on any atom is 0.257 e. The topological polar surface area (TPSA) is 75.6 Å². The van der Waals surface area contributed by atoms with E-state index in [4.69, 9.17) is 16.3 Å². The van der Waals surface area contributed by atoms with Gasteiger partial charge in [-0.25, -0.2) is 13.2 Å². The normalized spacial score (nSPS) is 17.8. The molecular formula is C27H30ClF3N4O3. The molecular weight excluding hydrogens is 521 g/mol. The molecule has 1 fully saturated rings. The molecule has 11 heteroatoms. The van der Waals surface area contributed by atoms with Gasteiger partial charge in [0.2, 0.25) is 5.43 Å². The van der Waals surface area contributed by atoms with Crippen LogP contribution in [-0.2, 0) is 13.1 Å². The first-order valence-corrected chi connectivity index (χ1v) is 12.6. The second-order valence-corrected chi connectivity index (χ2v) is 10.1. The number of nitrogens with zero attached hydrogens (tertiary/aromatic N) is 2. The number of methoxy groups -OCH3 is 1. The van der Waals surface area contributed by atoms with E-state index in [-0.39, 0.29) is 46.5 Å². The fourth-order valence-corrected chi connectivity index (χ4v) is 5.30. The Hall–Kier alpha value is -3.24. The van der Waals surface area contributed by atoms with Crippen LogP contribution in [0.15, 0.2) is 35.3 Å². The highest BCUT2D eigenvalue weighted by molar-refractivity contribution is 6.30. The van der Waals surface area contributed by atoms with E-state index >= 15 is 4.39 Å². The van der Waals surface area contributed by atoms with Gasteiger partial charge in [-0.15, -0.1) is 0 Å². The minimum absolute atomic E-state index is 0.0122. The number of hydrogen-bond acceptors (Lipinski definition) is 5. The molecule has 2 heterocycles. The zero-order chi connectivity index (χ0) is 27.7. The van der Waals surface area contributed by atoms with Crippen molar-refractivity contribution in [3.63, 3.8) is 0 Å². The van der Waals surface area contributed by atoms with E-state index in [9.17, 15) is 18.4 Å². The van der Waals surface area contributed by atoms with Gasteiger partial charge in [-0.1, -0.05) is 17.7 Å². The average molecular weight is 551 g/mol. The Morgan fingerprint density at radius 3 is 2.53 bits per heavy atom. The third-order valence-electron chi connectivity index (χ3n) is 6.65. The molecule has 0 aliphatic carbocycles. The van der Waals surface area contributed by atoms with Crippen LogP contribution in [0.2, 0.25) is 5.02 Å². The summed E-state index contributed by atoms with van der Waals surface area (Å²) in [5.74, 6) is -1.52. The molecule has 2 atom stereocenters. The summed E-state index contributed by atoms with van der Waals surface area (Å²) in [6.07, 6.45) is -1.71. The Kier molecular flexibility index (Phi) is 8.22. The quantitative estimate of drug-likeness (QED) is 0.453. The lowest BCUT2D eigenvalue weighted by Crippen LogP contribution is -2.54. The van der Waals surface area contributed by atoms with E-state index in [0.717, 1.165) is 28.0 Å². The maximum absolute atomic E-state index is 15.6. The van der Waals surface area contributed by atoms with Gasteiger partial charge in [-0.2, -0.15) is 0 Å². The van der Waals surface area contributed by atoms with Gasteiger partial charge in [0.05, 0.1) is 24.6 Å². The van der Waals surface area contributed by atoms with E-state index in [1.54, 1.807) is 23.1 Å². The second-order valence-electron chi connectivity index (χ2n) is 9.68. The molecule has 7 nitrogen and oxygen atoms in total. The Bertz CT molecular complexity index is 1420. The van der Waals surface area contributed by atoms with Gasteiger partial charge in [-0.3, -0.25) is 9.59 Å². The lowest BCUT2D eigenvalue weighted by atomic mass is 10.0. The van der Waals surface area contributed by atoms with Crippen LogP contribution in [0.5, 0.6) is 5.75 Å². The Labute approximate surface area is 223 Å². The predicted octanol–water partition coefficient (Wildman–Crippen LogP) is 4.49. The summed E-state index contributed by atoms with van der Waals surface area (Å²) in [5.41, 5.74) is 0.566. The summed E-state index contributed by atoms with van der Waals surface area (Å²) in [7, 11) is 1.30. The van der Waals surface area contributed by atoms with Crippen LogP contribution in [-0.4, -0.2) is 49.2 Å². The molecule has 0 unspecified atom stereocenters. The number of alkyl halides is 2. The number of ether oxygens (including phenoxy) is 1. The zero-order valence-corrected chi connectivity index (χ0v) is 22.3. The summed E-state index contributed by atoms with van der Waals surface area (Å²) >= 11 is 5.98. The van der Waals surface area contributed by atoms with Crippen LogP contribution in [0.1, 0.15) is 35.3 Å². The van der Waals surface area contributed by atoms with Crippen LogP contribution in [0.4, 0.5) is 18.9 Å². The number of anilines is 1. The smallest absolute Gasteiger partial charge is 0.257 e. The number of aryl methyl sites for hydroxylation is 1. The fraction of sp³-hybridized carbons (Fsp3) is 0.407. The lowest BCUT2D eigenvalue weighted by Gasteiger charge is -2.38. The Morgan fingerprint density at radius 2 is 1.92 bits per heavy atom. The first-order chi connectivity index (χ1) is 18.0. The largest absolute Gasteiger partial charge is 0.492 e. The molecule has 3 aromatic rings. The van der Waals surface area contributed by atoms with Crippen molar-refractivity contribution in [2.75, 3.05) is 25.1 Å². The zero-order valence-electron chi connectivity index (χ0n) is 21.6. The number of nitrogens with one attached hydrogen (secondary N) is 2. The molecule has 1 aliphatic rings. The first-order valence-electron chi connectivity index (χ1n) is 12.3. The van der Waals surface area contributed by atoms with Crippen molar-refractivity contribution < 1.29 is 22.7 Å². The number of carbonyl (C=O) groups excluding carboxylic acids is 1. The number of benzene rings is 2. The van der Waals surface area contributed by atoms with E-state index in [1.807, 2.05) is 20.8 Å². The number of pyridine rings is 1. The number of fused-ring (bicyclic) bond motifs is 1. The molecule has 0 saturated carbocycles. The highest BCUT2D eigenvalue weighted by atomic mass is 35.5. The first kappa shape index (κ1) is 27.8. The van der Waals surface area contributed by atoms with Crippen molar-refractivity contribution in [3.05, 3.63) is 68.2 Å². The summed E-state index contributed by atoms with van der Waals surface area (Å²) in [4.78, 5) is 28.2. The molecule has 2 N–H and O–H groups in total. The third kappa shape index (κ3) is 5.61. The molecule has 204 valence electrons. The Morgan fingerprint density at radius 1 is 1.24 bits per heavy atom. The summed E-state index contributed by atoms with van der Waals surface area (Å²) in [6.45, 7) is 5.91. The van der Waals surface area contributed by atoms with Crippen molar-refractivity contribution in [3.8, 4) is 5.75 Å². The van der Waals surface area contributed by atoms with Crippen LogP contribution in [0.25, 0.3) is 10.9 Å². The van der Waals surface area contributed by atoms with Crippen molar-refractivity contribution in [1.82, 2.24) is 15.2 Å². The van der Waals surface area contributed by atoms with E-state index < -0.39 is 30.1 Å². The third-order valence-corrected chi connectivity index (χ3v) is 6.88. The molecule has 0 radical (unpaired) electrons. The van der Waals surface area contributed by atoms with Gasteiger partial charge in [0, 0.05) is 42.9 Å². The van der Waals surface area contributed by atoms with Crippen molar-refractivity contribution in [2.45, 2.75) is 52.4 Å². The van der Waals surface area contributed by atoms with E-state index in [0.29, 0.717) is 18.1 Å². The summed E-state index contributed by atoms with van der Waals surface area (Å²) < 4.78 is 49.6. The molecule has 1 saturated heterocycles. The van der Waals surface area contributed by atoms with Crippen LogP contribution in [0, 0.1) is 12.7 Å². The van der Waals surface area contributed by atoms with Gasteiger partial charge in [0.15, 0.2) is 11.6 Å². The maximum atomic E-state index is 15.6. The van der Waals surface area contributed by atoms with Crippen molar-refractivity contribution in [2.24, 2.45) is 0 Å². The van der Waals surface area contributed by atoms with Gasteiger partial charge < -0.3 is 24.8 Å². The highest BCUT2D eigenvalue weighted by Crippen LogP contribution is 2.39. The fourth-order valence-electron chi connectivity index (χ4n) is 5.07. The number of carbonyl (C=O) groups is 1. The average Bonchev–Trinajstić information content (AvgIpc) is 2.83. The van der Waals surface area contributed by atoms with Crippen molar-refractivity contribution >= 4 is 34.1 Å². The van der Waals surface area contributed by atoms with Crippen LogP contribution >= 0.6 is 11.6 Å². The monoisotopic (exact) mass is 550 g/mol. The standard InChI is InChI=1S/C27H30ClF3N4O3/c1-14-7-18(28)6-5-17(14)9-32-27(37)20-12-35(13-22(30)31)23-19(25(20)36)8-21(29)24(26(23)38-4)34-10-15(2)33-16(3)11-34/h5-8,12,15-16,22,33H,9-11,13H2,1-4H3,(H,32,37)/t15-,16+. The Balaban J connectivity index is 1.82. The number of rotatable bonds is 7. The molecule has 38 heavy (non-hydrogen) atoms. The lowest BCUT2D eigenvalue weighted by molar-refractivity contribution is 0.0947. The SMILES string of the molecule is COc1c(N2C[C@@H](C)N[C@@H](C)C2)c(F)cc2c(=O)c(C(=O)NCc3ccc(Cl)cc3C)cn(CC(F)F)c12. The van der Waals surface area contributed by atoms with Gasteiger partial charge in [0.1, 0.15) is 11.3 Å².